The Bertz CT molecular complexity index is 339. The lowest BCUT2D eigenvalue weighted by Gasteiger charge is -2.34. The van der Waals surface area contributed by atoms with Crippen molar-refractivity contribution in [1.29, 1.82) is 0 Å². The van der Waals surface area contributed by atoms with Gasteiger partial charge < -0.3 is 10.2 Å². The molecule has 0 spiro atoms. The van der Waals surface area contributed by atoms with Crippen LogP contribution in [0.5, 0.6) is 0 Å². The first-order valence-electron chi connectivity index (χ1n) is 7.04. The molecule has 1 N–H and O–H groups in total. The highest BCUT2D eigenvalue weighted by Crippen LogP contribution is 2.25. The summed E-state index contributed by atoms with van der Waals surface area (Å²) in [6.45, 7) is 2.21. The number of nitrogens with zero attached hydrogens (tertiary/aromatic N) is 2. The van der Waals surface area contributed by atoms with Gasteiger partial charge in [0.1, 0.15) is 0 Å². The molecule has 0 bridgehead atoms. The molecule has 3 heteroatoms. The van der Waals surface area contributed by atoms with E-state index >= 15 is 0 Å². The van der Waals surface area contributed by atoms with Gasteiger partial charge in [-0.1, -0.05) is 12.8 Å². The highest BCUT2D eigenvalue weighted by molar-refractivity contribution is 5.09. The second-order valence-electron chi connectivity index (χ2n) is 5.49. The molecule has 1 saturated carbocycles. The maximum Gasteiger partial charge on any atom is 0.0271 e. The van der Waals surface area contributed by atoms with Gasteiger partial charge in [-0.3, -0.25) is 4.98 Å². The lowest BCUT2D eigenvalue weighted by atomic mass is 9.84. The number of hydrogen-bond acceptors (Lipinski definition) is 3. The molecule has 0 aliphatic heterocycles. The zero-order valence-electron chi connectivity index (χ0n) is 11.6. The van der Waals surface area contributed by atoms with E-state index in [0.717, 1.165) is 12.5 Å². The van der Waals surface area contributed by atoms with E-state index in [1.54, 1.807) is 0 Å². The van der Waals surface area contributed by atoms with E-state index in [-0.39, 0.29) is 0 Å². The maximum absolute atomic E-state index is 4.07. The first-order valence-corrected chi connectivity index (χ1v) is 7.04. The van der Waals surface area contributed by atoms with Gasteiger partial charge in [0.25, 0.3) is 0 Å². The third-order valence-corrected chi connectivity index (χ3v) is 4.03. The molecule has 0 aromatic carbocycles. The van der Waals surface area contributed by atoms with Crippen molar-refractivity contribution in [2.75, 3.05) is 20.6 Å². The molecule has 1 aromatic heterocycles. The van der Waals surface area contributed by atoms with Crippen molar-refractivity contribution >= 4 is 0 Å². The van der Waals surface area contributed by atoms with Gasteiger partial charge in [-0.05, 0) is 50.6 Å². The molecular formula is C15H25N3. The predicted molar refractivity (Wildman–Crippen MR) is 75.4 cm³/mol. The van der Waals surface area contributed by atoms with Crippen LogP contribution in [0.3, 0.4) is 0 Å². The van der Waals surface area contributed by atoms with Crippen LogP contribution in [-0.2, 0) is 6.54 Å². The van der Waals surface area contributed by atoms with Gasteiger partial charge in [-0.2, -0.15) is 0 Å². The topological polar surface area (TPSA) is 28.2 Å². The quantitative estimate of drug-likeness (QED) is 0.865. The average Bonchev–Trinajstić information content (AvgIpc) is 2.40. The Morgan fingerprint density at radius 3 is 2.72 bits per heavy atom. The van der Waals surface area contributed by atoms with E-state index in [2.05, 4.69) is 41.4 Å². The van der Waals surface area contributed by atoms with Crippen molar-refractivity contribution in [3.63, 3.8) is 0 Å². The van der Waals surface area contributed by atoms with Gasteiger partial charge in [0.2, 0.25) is 0 Å². The second kappa shape index (κ2) is 6.86. The normalized spacial score (nSPS) is 24.4. The minimum atomic E-state index is 0.707. The molecule has 1 aliphatic carbocycles. The van der Waals surface area contributed by atoms with E-state index in [4.69, 9.17) is 0 Å². The Kier molecular flexibility index (Phi) is 5.14. The molecule has 2 rings (SSSR count). The van der Waals surface area contributed by atoms with E-state index in [0.29, 0.717) is 6.04 Å². The second-order valence-corrected chi connectivity index (χ2v) is 5.49. The average molecular weight is 247 g/mol. The van der Waals surface area contributed by atoms with Crippen molar-refractivity contribution in [3.05, 3.63) is 30.1 Å². The van der Waals surface area contributed by atoms with Gasteiger partial charge in [0.05, 0.1) is 0 Å². The Morgan fingerprint density at radius 1 is 1.28 bits per heavy atom. The minimum absolute atomic E-state index is 0.707. The van der Waals surface area contributed by atoms with Crippen LogP contribution in [0.15, 0.2) is 24.5 Å². The molecule has 18 heavy (non-hydrogen) atoms. The van der Waals surface area contributed by atoms with Gasteiger partial charge >= 0.3 is 0 Å². The Hall–Kier alpha value is -0.930. The Labute approximate surface area is 111 Å². The van der Waals surface area contributed by atoms with Crippen LogP contribution < -0.4 is 5.32 Å². The fourth-order valence-electron chi connectivity index (χ4n) is 3.07. The summed E-state index contributed by atoms with van der Waals surface area (Å²) in [5.41, 5.74) is 1.35. The van der Waals surface area contributed by atoms with Crippen LogP contribution in [0.4, 0.5) is 0 Å². The number of pyridine rings is 1. The van der Waals surface area contributed by atoms with Crippen molar-refractivity contribution < 1.29 is 0 Å². The molecular weight excluding hydrogens is 222 g/mol. The molecule has 100 valence electrons. The van der Waals surface area contributed by atoms with Crippen molar-refractivity contribution in [1.82, 2.24) is 15.2 Å². The van der Waals surface area contributed by atoms with E-state index in [9.17, 15) is 0 Å². The summed E-state index contributed by atoms with van der Waals surface area (Å²) < 4.78 is 0. The third-order valence-electron chi connectivity index (χ3n) is 4.03. The summed E-state index contributed by atoms with van der Waals surface area (Å²) >= 11 is 0. The molecule has 2 unspecified atom stereocenters. The highest BCUT2D eigenvalue weighted by Gasteiger charge is 2.24. The van der Waals surface area contributed by atoms with Crippen LogP contribution in [0.2, 0.25) is 0 Å². The van der Waals surface area contributed by atoms with Crippen LogP contribution in [0.1, 0.15) is 31.2 Å². The van der Waals surface area contributed by atoms with E-state index in [1.165, 1.54) is 37.8 Å². The highest BCUT2D eigenvalue weighted by atomic mass is 15.1. The number of nitrogens with one attached hydrogen (secondary N) is 1. The Balaban J connectivity index is 1.84. The van der Waals surface area contributed by atoms with Crippen molar-refractivity contribution in [3.8, 4) is 0 Å². The van der Waals surface area contributed by atoms with Crippen LogP contribution in [-0.4, -0.2) is 36.6 Å². The first kappa shape index (κ1) is 13.5. The zero-order valence-corrected chi connectivity index (χ0v) is 11.6. The van der Waals surface area contributed by atoms with E-state index in [1.807, 2.05) is 12.4 Å². The van der Waals surface area contributed by atoms with Gasteiger partial charge in [0.15, 0.2) is 0 Å². The van der Waals surface area contributed by atoms with Gasteiger partial charge in [0, 0.05) is 31.5 Å². The molecule has 3 nitrogen and oxygen atoms in total. The summed E-state index contributed by atoms with van der Waals surface area (Å²) in [6.07, 6.45) is 9.23. The van der Waals surface area contributed by atoms with Crippen molar-refractivity contribution in [2.24, 2.45) is 5.92 Å². The predicted octanol–water partition coefficient (Wildman–Crippen LogP) is 2.29. The molecule has 0 radical (unpaired) electrons. The number of aromatic nitrogens is 1. The van der Waals surface area contributed by atoms with E-state index < -0.39 is 0 Å². The summed E-state index contributed by atoms with van der Waals surface area (Å²) in [7, 11) is 4.33. The standard InChI is InChI=1S/C15H25N3/c1-16-15-6-4-3-5-14(15)12-18(2)11-13-7-9-17-10-8-13/h7-10,14-16H,3-6,11-12H2,1-2H3. The molecule has 0 amide bonds. The lowest BCUT2D eigenvalue weighted by Crippen LogP contribution is -2.41. The summed E-state index contributed by atoms with van der Waals surface area (Å²) in [5.74, 6) is 0.801. The third kappa shape index (κ3) is 3.79. The molecule has 1 heterocycles. The fourth-order valence-corrected chi connectivity index (χ4v) is 3.07. The van der Waals surface area contributed by atoms with Crippen LogP contribution in [0, 0.1) is 5.92 Å². The zero-order chi connectivity index (χ0) is 12.8. The van der Waals surface area contributed by atoms with Crippen LogP contribution >= 0.6 is 0 Å². The van der Waals surface area contributed by atoms with Crippen molar-refractivity contribution in [2.45, 2.75) is 38.3 Å². The smallest absolute Gasteiger partial charge is 0.0271 e. The molecule has 2 atom stereocenters. The molecule has 1 fully saturated rings. The maximum atomic E-state index is 4.07. The molecule has 1 aliphatic rings. The lowest BCUT2D eigenvalue weighted by molar-refractivity contribution is 0.190. The van der Waals surface area contributed by atoms with Gasteiger partial charge in [-0.25, -0.2) is 0 Å². The first-order chi connectivity index (χ1) is 8.79. The number of hydrogen-bond donors (Lipinski definition) is 1. The SMILES string of the molecule is CNC1CCCCC1CN(C)Cc1ccncc1. The summed E-state index contributed by atoms with van der Waals surface area (Å²) in [6, 6.07) is 4.92. The monoisotopic (exact) mass is 247 g/mol. The fraction of sp³-hybridized carbons (Fsp3) is 0.667. The molecule has 0 saturated heterocycles. The Morgan fingerprint density at radius 2 is 2.00 bits per heavy atom. The minimum Gasteiger partial charge on any atom is -0.317 e. The summed E-state index contributed by atoms with van der Waals surface area (Å²) in [4.78, 5) is 6.51. The molecule has 1 aromatic rings. The largest absolute Gasteiger partial charge is 0.317 e. The van der Waals surface area contributed by atoms with Gasteiger partial charge in [-0.15, -0.1) is 0 Å². The number of rotatable bonds is 5. The van der Waals surface area contributed by atoms with Crippen LogP contribution in [0.25, 0.3) is 0 Å². The summed E-state index contributed by atoms with van der Waals surface area (Å²) in [5, 5.41) is 3.49.